The number of aromatic nitrogens is 1. The fourth-order valence-corrected chi connectivity index (χ4v) is 2.31. The Morgan fingerprint density at radius 2 is 2.05 bits per heavy atom. The molecule has 1 atom stereocenters. The molecule has 0 saturated carbocycles. The van der Waals surface area contributed by atoms with E-state index in [1.807, 2.05) is 6.92 Å². The molecule has 1 aromatic heterocycles. The molecule has 1 heterocycles. The van der Waals surface area contributed by atoms with Crippen LogP contribution in [0.3, 0.4) is 0 Å². The van der Waals surface area contributed by atoms with E-state index in [0.29, 0.717) is 17.7 Å². The Labute approximate surface area is 119 Å². The third-order valence-corrected chi connectivity index (χ3v) is 3.23. The average Bonchev–Trinajstić information content (AvgIpc) is 2.39. The lowest BCUT2D eigenvalue weighted by atomic mass is 9.99. The normalized spacial score (nSPS) is 12.4. The summed E-state index contributed by atoms with van der Waals surface area (Å²) in [7, 11) is 0. The van der Waals surface area contributed by atoms with Crippen molar-refractivity contribution in [1.29, 1.82) is 0 Å². The number of hydrogen-bond donors (Lipinski definition) is 1. The molecule has 0 aliphatic rings. The van der Waals surface area contributed by atoms with E-state index in [2.05, 4.69) is 26.2 Å². The van der Waals surface area contributed by atoms with Gasteiger partial charge in [-0.25, -0.2) is 8.78 Å². The van der Waals surface area contributed by atoms with Crippen LogP contribution in [0.4, 0.5) is 8.78 Å². The molecule has 1 unspecified atom stereocenters. The minimum atomic E-state index is -0.434. The molecule has 0 spiro atoms. The Kier molecular flexibility index (Phi) is 4.61. The molecule has 0 radical (unpaired) electrons. The lowest BCUT2D eigenvalue weighted by molar-refractivity contribution is 0.552. The van der Waals surface area contributed by atoms with E-state index in [1.165, 1.54) is 18.3 Å². The van der Waals surface area contributed by atoms with Gasteiger partial charge < -0.3 is 5.32 Å². The highest BCUT2D eigenvalue weighted by Gasteiger charge is 2.18. The minimum Gasteiger partial charge on any atom is -0.306 e. The number of halogens is 3. The zero-order chi connectivity index (χ0) is 13.8. The monoisotopic (exact) mass is 326 g/mol. The molecular formula is C14H13BrF2N2. The molecule has 0 aliphatic carbocycles. The second-order valence-electron chi connectivity index (χ2n) is 4.09. The largest absolute Gasteiger partial charge is 0.306 e. The Balaban J connectivity index is 2.48. The first-order valence-corrected chi connectivity index (χ1v) is 6.70. The summed E-state index contributed by atoms with van der Waals surface area (Å²) >= 11 is 3.32. The molecule has 0 saturated heterocycles. The highest BCUT2D eigenvalue weighted by atomic mass is 79.9. The van der Waals surface area contributed by atoms with Crippen LogP contribution in [0.5, 0.6) is 0 Å². The van der Waals surface area contributed by atoms with Gasteiger partial charge in [-0.15, -0.1) is 0 Å². The Morgan fingerprint density at radius 3 is 2.74 bits per heavy atom. The standard InChI is InChI=1S/C14H13BrF2N2/c1-2-19-14(9-5-11(16)8-18-7-9)12-6-10(15)3-4-13(12)17/h3-8,14,19H,2H2,1H3. The quantitative estimate of drug-likeness (QED) is 0.923. The zero-order valence-corrected chi connectivity index (χ0v) is 11.9. The van der Waals surface area contributed by atoms with Gasteiger partial charge in [-0.05, 0) is 36.4 Å². The van der Waals surface area contributed by atoms with Gasteiger partial charge in [0.2, 0.25) is 0 Å². The summed E-state index contributed by atoms with van der Waals surface area (Å²) in [6.45, 7) is 2.54. The highest BCUT2D eigenvalue weighted by Crippen LogP contribution is 2.27. The van der Waals surface area contributed by atoms with Crippen molar-refractivity contribution in [2.75, 3.05) is 6.54 Å². The summed E-state index contributed by atoms with van der Waals surface area (Å²) in [5, 5.41) is 3.14. The molecule has 0 fully saturated rings. The molecule has 0 aliphatic heterocycles. The van der Waals surface area contributed by atoms with Crippen LogP contribution in [-0.4, -0.2) is 11.5 Å². The van der Waals surface area contributed by atoms with Crippen LogP contribution >= 0.6 is 15.9 Å². The Hall–Kier alpha value is -1.33. The molecule has 2 aromatic rings. The van der Waals surface area contributed by atoms with Gasteiger partial charge in [-0.3, -0.25) is 4.98 Å². The maximum absolute atomic E-state index is 14.0. The van der Waals surface area contributed by atoms with Crippen LogP contribution in [0.25, 0.3) is 0 Å². The maximum Gasteiger partial charge on any atom is 0.141 e. The van der Waals surface area contributed by atoms with Gasteiger partial charge in [0.1, 0.15) is 11.6 Å². The summed E-state index contributed by atoms with van der Waals surface area (Å²) < 4.78 is 28.0. The number of benzene rings is 1. The van der Waals surface area contributed by atoms with Gasteiger partial charge >= 0.3 is 0 Å². The first-order valence-electron chi connectivity index (χ1n) is 5.90. The molecule has 19 heavy (non-hydrogen) atoms. The van der Waals surface area contributed by atoms with Crippen LogP contribution in [-0.2, 0) is 0 Å². The van der Waals surface area contributed by atoms with Crippen molar-refractivity contribution >= 4 is 15.9 Å². The van der Waals surface area contributed by atoms with Gasteiger partial charge in [0.25, 0.3) is 0 Å². The van der Waals surface area contributed by atoms with Crippen molar-refractivity contribution in [3.63, 3.8) is 0 Å². The van der Waals surface area contributed by atoms with E-state index in [1.54, 1.807) is 12.1 Å². The molecule has 0 amide bonds. The summed E-state index contributed by atoms with van der Waals surface area (Å²) in [6, 6.07) is 5.64. The van der Waals surface area contributed by atoms with E-state index in [9.17, 15) is 8.78 Å². The van der Waals surface area contributed by atoms with Gasteiger partial charge in [0.15, 0.2) is 0 Å². The van der Waals surface area contributed by atoms with Crippen LogP contribution in [0.1, 0.15) is 24.1 Å². The van der Waals surface area contributed by atoms with E-state index < -0.39 is 11.9 Å². The lowest BCUT2D eigenvalue weighted by Gasteiger charge is -2.19. The Morgan fingerprint density at radius 1 is 1.26 bits per heavy atom. The molecule has 1 N–H and O–H groups in total. The number of hydrogen-bond acceptors (Lipinski definition) is 2. The maximum atomic E-state index is 14.0. The minimum absolute atomic E-state index is 0.335. The molecule has 1 aromatic carbocycles. The van der Waals surface area contributed by atoms with E-state index in [4.69, 9.17) is 0 Å². The van der Waals surface area contributed by atoms with E-state index in [-0.39, 0.29) is 5.82 Å². The Bertz CT molecular complexity index is 575. The highest BCUT2D eigenvalue weighted by molar-refractivity contribution is 9.10. The van der Waals surface area contributed by atoms with Crippen molar-refractivity contribution < 1.29 is 8.78 Å². The fraction of sp³-hybridized carbons (Fsp3) is 0.214. The van der Waals surface area contributed by atoms with Crippen molar-refractivity contribution in [2.45, 2.75) is 13.0 Å². The topological polar surface area (TPSA) is 24.9 Å². The van der Waals surface area contributed by atoms with Crippen LogP contribution < -0.4 is 5.32 Å². The SMILES string of the molecule is CCNC(c1cncc(F)c1)c1cc(Br)ccc1F. The predicted octanol–water partition coefficient (Wildman–Crippen LogP) is 3.82. The van der Waals surface area contributed by atoms with Crippen LogP contribution in [0.15, 0.2) is 41.1 Å². The predicted molar refractivity (Wildman–Crippen MR) is 73.8 cm³/mol. The summed E-state index contributed by atoms with van der Waals surface area (Å²) in [4.78, 5) is 3.82. The molecule has 100 valence electrons. The number of nitrogens with zero attached hydrogens (tertiary/aromatic N) is 1. The summed E-state index contributed by atoms with van der Waals surface area (Å²) in [6.07, 6.45) is 2.67. The first kappa shape index (κ1) is 14.1. The molecule has 2 rings (SSSR count). The summed E-state index contributed by atoms with van der Waals surface area (Å²) in [5.41, 5.74) is 1.06. The van der Waals surface area contributed by atoms with Crippen LogP contribution in [0.2, 0.25) is 0 Å². The molecule has 0 bridgehead atoms. The number of rotatable bonds is 4. The third-order valence-electron chi connectivity index (χ3n) is 2.74. The lowest BCUT2D eigenvalue weighted by Crippen LogP contribution is -2.23. The first-order chi connectivity index (χ1) is 9.11. The zero-order valence-electron chi connectivity index (χ0n) is 10.3. The molecular weight excluding hydrogens is 314 g/mol. The average molecular weight is 327 g/mol. The van der Waals surface area contributed by atoms with Gasteiger partial charge in [0, 0.05) is 16.2 Å². The van der Waals surface area contributed by atoms with Gasteiger partial charge in [-0.1, -0.05) is 22.9 Å². The fourth-order valence-electron chi connectivity index (χ4n) is 1.93. The second kappa shape index (κ2) is 6.21. The van der Waals surface area contributed by atoms with Crippen molar-refractivity contribution in [1.82, 2.24) is 10.3 Å². The van der Waals surface area contributed by atoms with E-state index in [0.717, 1.165) is 10.7 Å². The second-order valence-corrected chi connectivity index (χ2v) is 5.01. The molecule has 2 nitrogen and oxygen atoms in total. The molecule has 5 heteroatoms. The van der Waals surface area contributed by atoms with Gasteiger partial charge in [0.05, 0.1) is 12.2 Å². The van der Waals surface area contributed by atoms with Gasteiger partial charge in [-0.2, -0.15) is 0 Å². The third kappa shape index (κ3) is 3.36. The number of nitrogens with one attached hydrogen (secondary N) is 1. The van der Waals surface area contributed by atoms with Crippen LogP contribution in [0, 0.1) is 11.6 Å². The van der Waals surface area contributed by atoms with E-state index >= 15 is 0 Å². The van der Waals surface area contributed by atoms with Crippen molar-refractivity contribution in [3.8, 4) is 0 Å². The smallest absolute Gasteiger partial charge is 0.141 e. The number of pyridine rings is 1. The van der Waals surface area contributed by atoms with Crippen molar-refractivity contribution in [3.05, 3.63) is 63.9 Å². The summed E-state index contributed by atoms with van der Waals surface area (Å²) in [5.74, 6) is -0.769. The van der Waals surface area contributed by atoms with Crippen molar-refractivity contribution in [2.24, 2.45) is 0 Å².